The largest absolute Gasteiger partial charge is 0.347 e. The van der Waals surface area contributed by atoms with E-state index in [1.165, 1.54) is 4.90 Å². The molecule has 2 amide bonds. The molecule has 1 aliphatic rings. The van der Waals surface area contributed by atoms with E-state index < -0.39 is 0 Å². The second-order valence-electron chi connectivity index (χ2n) is 10.3. The quantitative estimate of drug-likeness (QED) is 0.194. The van der Waals surface area contributed by atoms with Crippen molar-refractivity contribution in [3.8, 4) is 0 Å². The van der Waals surface area contributed by atoms with Gasteiger partial charge in [-0.3, -0.25) is 14.5 Å². The van der Waals surface area contributed by atoms with Crippen molar-refractivity contribution in [2.75, 3.05) is 0 Å². The molecule has 3 heterocycles. The predicted octanol–water partition coefficient (Wildman–Crippen LogP) is 7.29. The van der Waals surface area contributed by atoms with E-state index >= 15 is 0 Å². The Morgan fingerprint density at radius 2 is 1.10 bits per heavy atom. The third-order valence-corrected chi connectivity index (χ3v) is 7.68. The summed E-state index contributed by atoms with van der Waals surface area (Å²) in [5.41, 5.74) is 5.75. The van der Waals surface area contributed by atoms with Crippen LogP contribution in [0.5, 0.6) is 0 Å². The maximum atomic E-state index is 14.3. The zero-order valence-corrected chi connectivity index (χ0v) is 22.6. The molecule has 2 aromatic heterocycles. The van der Waals surface area contributed by atoms with E-state index in [2.05, 4.69) is 59.6 Å². The van der Waals surface area contributed by atoms with Crippen molar-refractivity contribution in [2.45, 2.75) is 52.7 Å². The molecular weight excluding hydrogens is 482 g/mol. The van der Waals surface area contributed by atoms with E-state index in [0.29, 0.717) is 11.1 Å². The lowest BCUT2D eigenvalue weighted by atomic mass is 9.95. The number of rotatable bonds is 9. The summed E-state index contributed by atoms with van der Waals surface area (Å²) in [5.74, 6) is -0.465. The van der Waals surface area contributed by atoms with Crippen molar-refractivity contribution < 1.29 is 9.59 Å². The Morgan fingerprint density at radius 1 is 0.590 bits per heavy atom. The van der Waals surface area contributed by atoms with Gasteiger partial charge in [-0.1, -0.05) is 87.0 Å². The van der Waals surface area contributed by atoms with Crippen LogP contribution in [0.2, 0.25) is 0 Å². The molecule has 0 radical (unpaired) electrons. The lowest BCUT2D eigenvalue weighted by Gasteiger charge is -2.15. The Kier molecular flexibility index (Phi) is 6.65. The highest BCUT2D eigenvalue weighted by Crippen LogP contribution is 2.42. The third kappa shape index (κ3) is 4.28. The number of aryl methyl sites for hydroxylation is 2. The molecule has 0 N–H and O–H groups in total. The van der Waals surface area contributed by atoms with Gasteiger partial charge in [0.1, 0.15) is 0 Å². The maximum Gasteiger partial charge on any atom is 0.262 e. The minimum absolute atomic E-state index is 0.232. The summed E-state index contributed by atoms with van der Waals surface area (Å²) in [7, 11) is 0. The van der Waals surface area contributed by atoms with Crippen molar-refractivity contribution in [3.63, 3.8) is 0 Å². The third-order valence-electron chi connectivity index (χ3n) is 7.68. The highest BCUT2D eigenvalue weighted by molar-refractivity contribution is 6.50. The SMILES string of the molecule is CCCCn1cc(C2=C(c3cn(CCC)c4ccccc34)C(=O)N(Cc3ccccc3)C2=O)c2ccccc21. The number of imide groups is 1. The van der Waals surface area contributed by atoms with Gasteiger partial charge in [-0.05, 0) is 30.5 Å². The second-order valence-corrected chi connectivity index (χ2v) is 10.3. The number of unbranched alkanes of at least 4 members (excludes halogenated alkanes) is 1. The number of hydrogen-bond acceptors (Lipinski definition) is 2. The molecule has 0 atom stereocenters. The minimum atomic E-state index is -0.233. The number of hydrogen-bond donors (Lipinski definition) is 0. The molecule has 5 heteroatoms. The van der Waals surface area contributed by atoms with Crippen LogP contribution in [0, 0.1) is 0 Å². The number of benzene rings is 3. The minimum Gasteiger partial charge on any atom is -0.347 e. The van der Waals surface area contributed by atoms with Gasteiger partial charge in [0.05, 0.1) is 17.7 Å². The molecule has 0 bridgehead atoms. The molecule has 5 aromatic rings. The number of amides is 2. The van der Waals surface area contributed by atoms with Crippen molar-refractivity contribution in [2.24, 2.45) is 0 Å². The van der Waals surface area contributed by atoms with E-state index in [1.54, 1.807) is 0 Å². The monoisotopic (exact) mass is 515 g/mol. The average molecular weight is 516 g/mol. The first-order valence-corrected chi connectivity index (χ1v) is 13.9. The Hall–Kier alpha value is -4.38. The van der Waals surface area contributed by atoms with Gasteiger partial charge in [0.25, 0.3) is 11.8 Å². The van der Waals surface area contributed by atoms with Crippen molar-refractivity contribution in [1.82, 2.24) is 14.0 Å². The number of carbonyl (C=O) groups is 2. The fraction of sp³-hybridized carbons (Fsp3) is 0.235. The number of aromatic nitrogens is 2. The first-order valence-electron chi connectivity index (χ1n) is 13.9. The summed E-state index contributed by atoms with van der Waals surface area (Å²) in [6.45, 7) is 6.28. The van der Waals surface area contributed by atoms with Gasteiger partial charge >= 0.3 is 0 Å². The van der Waals surface area contributed by atoms with E-state index in [-0.39, 0.29) is 18.4 Å². The van der Waals surface area contributed by atoms with Crippen LogP contribution >= 0.6 is 0 Å². The molecule has 1 aliphatic heterocycles. The first kappa shape index (κ1) is 24.9. The van der Waals surface area contributed by atoms with Gasteiger partial charge in [-0.25, -0.2) is 0 Å². The van der Waals surface area contributed by atoms with Crippen LogP contribution in [0.25, 0.3) is 33.0 Å². The van der Waals surface area contributed by atoms with Gasteiger partial charge in [0.15, 0.2) is 0 Å². The number of para-hydroxylation sites is 2. The lowest BCUT2D eigenvalue weighted by molar-refractivity contribution is -0.136. The Morgan fingerprint density at radius 3 is 1.64 bits per heavy atom. The van der Waals surface area contributed by atoms with E-state index in [1.807, 2.05) is 54.6 Å². The number of carbonyl (C=O) groups excluding carboxylic acids is 2. The zero-order valence-electron chi connectivity index (χ0n) is 22.6. The Balaban J connectivity index is 1.60. The van der Waals surface area contributed by atoms with Gasteiger partial charge in [0, 0.05) is 58.4 Å². The van der Waals surface area contributed by atoms with Crippen LogP contribution in [0.4, 0.5) is 0 Å². The predicted molar refractivity (Wildman–Crippen MR) is 158 cm³/mol. The molecular formula is C34H33N3O2. The summed E-state index contributed by atoms with van der Waals surface area (Å²) in [6.07, 6.45) is 7.24. The summed E-state index contributed by atoms with van der Waals surface area (Å²) in [6, 6.07) is 26.1. The van der Waals surface area contributed by atoms with Crippen LogP contribution in [-0.2, 0) is 29.2 Å². The van der Waals surface area contributed by atoms with E-state index in [4.69, 9.17) is 0 Å². The molecule has 0 fully saturated rings. The summed E-state index contributed by atoms with van der Waals surface area (Å²) >= 11 is 0. The highest BCUT2D eigenvalue weighted by Gasteiger charge is 2.41. The van der Waals surface area contributed by atoms with Crippen LogP contribution in [0.3, 0.4) is 0 Å². The Bertz CT molecular complexity index is 1720. The summed E-state index contributed by atoms with van der Waals surface area (Å²) < 4.78 is 4.44. The lowest BCUT2D eigenvalue weighted by Crippen LogP contribution is -2.30. The van der Waals surface area contributed by atoms with Crippen LogP contribution < -0.4 is 0 Å². The van der Waals surface area contributed by atoms with Crippen molar-refractivity contribution in [1.29, 1.82) is 0 Å². The smallest absolute Gasteiger partial charge is 0.262 e. The Labute approximate surface area is 229 Å². The molecule has 0 saturated heterocycles. The first-order chi connectivity index (χ1) is 19.1. The molecule has 3 aromatic carbocycles. The molecule has 6 rings (SSSR count). The molecule has 39 heavy (non-hydrogen) atoms. The zero-order chi connectivity index (χ0) is 26.9. The van der Waals surface area contributed by atoms with Gasteiger partial charge < -0.3 is 9.13 Å². The van der Waals surface area contributed by atoms with Crippen LogP contribution in [0.1, 0.15) is 49.8 Å². The van der Waals surface area contributed by atoms with E-state index in [9.17, 15) is 9.59 Å². The number of fused-ring (bicyclic) bond motifs is 2. The summed E-state index contributed by atoms with van der Waals surface area (Å²) in [4.78, 5) is 30.0. The number of nitrogens with zero attached hydrogens (tertiary/aromatic N) is 3. The van der Waals surface area contributed by atoms with Crippen molar-refractivity contribution in [3.05, 3.63) is 108 Å². The molecule has 196 valence electrons. The topological polar surface area (TPSA) is 47.2 Å². The van der Waals surface area contributed by atoms with Crippen LogP contribution in [-0.4, -0.2) is 25.8 Å². The highest BCUT2D eigenvalue weighted by atomic mass is 16.2. The van der Waals surface area contributed by atoms with Crippen LogP contribution in [0.15, 0.2) is 91.3 Å². The standard InChI is InChI=1S/C34H33N3O2/c1-3-5-20-36-23-28(26-16-10-12-18-30(26)36)32-31(27-22-35(19-4-2)29-17-11-9-15-25(27)29)33(38)37(34(32)39)21-24-13-7-6-8-14-24/h6-18,22-23H,3-5,19-21H2,1-2H3. The van der Waals surface area contributed by atoms with Gasteiger partial charge in [-0.15, -0.1) is 0 Å². The van der Waals surface area contributed by atoms with Gasteiger partial charge in [0.2, 0.25) is 0 Å². The van der Waals surface area contributed by atoms with Crippen molar-refractivity contribution >= 4 is 44.8 Å². The van der Waals surface area contributed by atoms with Gasteiger partial charge in [-0.2, -0.15) is 0 Å². The van der Waals surface area contributed by atoms with E-state index in [0.717, 1.165) is 70.8 Å². The average Bonchev–Trinajstić information content (AvgIpc) is 3.59. The fourth-order valence-corrected chi connectivity index (χ4v) is 5.82. The molecule has 0 spiro atoms. The normalized spacial score (nSPS) is 13.9. The maximum absolute atomic E-state index is 14.3. The second kappa shape index (κ2) is 10.4. The molecule has 0 saturated carbocycles. The molecule has 5 nitrogen and oxygen atoms in total. The molecule has 0 unspecified atom stereocenters. The molecule has 0 aliphatic carbocycles. The summed E-state index contributed by atoms with van der Waals surface area (Å²) in [5, 5.41) is 2.00. The fourth-order valence-electron chi connectivity index (χ4n) is 5.82.